The molecule has 0 N–H and O–H groups in total. The molecular formula is C10H8BrF3O2. The molecule has 0 aromatic heterocycles. The molecule has 16 heavy (non-hydrogen) atoms. The van der Waals surface area contributed by atoms with Crippen LogP contribution in [0.2, 0.25) is 0 Å². The first-order chi connectivity index (χ1) is 7.22. The van der Waals surface area contributed by atoms with Gasteiger partial charge in [-0.2, -0.15) is 0 Å². The van der Waals surface area contributed by atoms with Crippen molar-refractivity contribution >= 4 is 21.7 Å². The van der Waals surface area contributed by atoms with E-state index < -0.39 is 6.36 Å². The summed E-state index contributed by atoms with van der Waals surface area (Å²) >= 11 is 3.07. The number of alkyl halides is 3. The molecule has 1 rings (SSSR count). The fourth-order valence-electron chi connectivity index (χ4n) is 1.17. The highest BCUT2D eigenvalue weighted by Crippen LogP contribution is 2.33. The van der Waals surface area contributed by atoms with Crippen LogP contribution in [0.5, 0.6) is 5.75 Å². The molecule has 0 saturated heterocycles. The minimum atomic E-state index is -4.73. The van der Waals surface area contributed by atoms with Crippen LogP contribution in [-0.4, -0.2) is 12.1 Å². The van der Waals surface area contributed by atoms with Gasteiger partial charge < -0.3 is 4.74 Å². The maximum Gasteiger partial charge on any atom is 0.573 e. The van der Waals surface area contributed by atoms with Crippen LogP contribution in [0.3, 0.4) is 0 Å². The van der Waals surface area contributed by atoms with Crippen molar-refractivity contribution in [1.29, 1.82) is 0 Å². The predicted octanol–water partition coefficient (Wildman–Crippen LogP) is 3.86. The fourth-order valence-corrected chi connectivity index (χ4v) is 1.78. The van der Waals surface area contributed by atoms with Crippen molar-refractivity contribution in [3.05, 3.63) is 27.7 Å². The maximum atomic E-state index is 12.0. The normalized spacial score (nSPS) is 11.4. The summed E-state index contributed by atoms with van der Waals surface area (Å²) in [5.41, 5.74) is 0.567. The summed E-state index contributed by atoms with van der Waals surface area (Å²) in [7, 11) is 0. The zero-order valence-corrected chi connectivity index (χ0v) is 10.1. The van der Waals surface area contributed by atoms with Gasteiger partial charge in [-0.1, -0.05) is 0 Å². The second-order valence-electron chi connectivity index (χ2n) is 3.15. The van der Waals surface area contributed by atoms with E-state index in [1.807, 2.05) is 0 Å². The van der Waals surface area contributed by atoms with Crippen LogP contribution >= 0.6 is 15.9 Å². The molecule has 0 aliphatic heterocycles. The molecular weight excluding hydrogens is 289 g/mol. The van der Waals surface area contributed by atoms with Crippen molar-refractivity contribution < 1.29 is 22.7 Å². The third-order valence-corrected chi connectivity index (χ3v) is 2.96. The summed E-state index contributed by atoms with van der Waals surface area (Å²) in [6.07, 6.45) is -4.73. The molecule has 0 spiro atoms. The van der Waals surface area contributed by atoms with Crippen molar-refractivity contribution in [1.82, 2.24) is 0 Å². The van der Waals surface area contributed by atoms with Gasteiger partial charge in [0.15, 0.2) is 5.78 Å². The van der Waals surface area contributed by atoms with E-state index in [0.29, 0.717) is 10.0 Å². The minimum Gasteiger partial charge on any atom is -0.405 e. The van der Waals surface area contributed by atoms with E-state index in [0.717, 1.165) is 6.07 Å². The first-order valence-corrected chi connectivity index (χ1v) is 5.07. The van der Waals surface area contributed by atoms with Crippen molar-refractivity contribution in [2.75, 3.05) is 0 Å². The van der Waals surface area contributed by atoms with Gasteiger partial charge in [-0.25, -0.2) is 0 Å². The predicted molar refractivity (Wildman–Crippen MR) is 55.6 cm³/mol. The average molecular weight is 297 g/mol. The lowest BCUT2D eigenvalue weighted by molar-refractivity contribution is -0.274. The number of Topliss-reactive ketones (excluding diaryl/α,β-unsaturated/α-hetero) is 1. The number of ether oxygens (including phenoxy) is 1. The van der Waals surface area contributed by atoms with E-state index >= 15 is 0 Å². The van der Waals surface area contributed by atoms with E-state index in [2.05, 4.69) is 20.7 Å². The Kier molecular flexibility index (Phi) is 3.62. The van der Waals surface area contributed by atoms with Gasteiger partial charge in [-0.15, -0.1) is 13.2 Å². The highest BCUT2D eigenvalue weighted by atomic mass is 79.9. The van der Waals surface area contributed by atoms with E-state index in [1.165, 1.54) is 19.9 Å². The lowest BCUT2D eigenvalue weighted by Crippen LogP contribution is -2.18. The molecule has 0 radical (unpaired) electrons. The number of carbonyl (C=O) groups excluding carboxylic acids is 1. The molecule has 2 nitrogen and oxygen atoms in total. The van der Waals surface area contributed by atoms with Crippen LogP contribution in [0.25, 0.3) is 0 Å². The molecule has 1 aromatic rings. The Hall–Kier alpha value is -1.04. The smallest absolute Gasteiger partial charge is 0.405 e. The summed E-state index contributed by atoms with van der Waals surface area (Å²) in [6.45, 7) is 2.78. The zero-order valence-electron chi connectivity index (χ0n) is 8.48. The Morgan fingerprint density at radius 3 is 2.38 bits per heavy atom. The third-order valence-electron chi connectivity index (χ3n) is 1.94. The first kappa shape index (κ1) is 13.0. The van der Waals surface area contributed by atoms with Crippen LogP contribution in [0.4, 0.5) is 13.2 Å². The molecule has 0 aliphatic rings. The number of carbonyl (C=O) groups is 1. The van der Waals surface area contributed by atoms with Gasteiger partial charge in [-0.05, 0) is 41.9 Å². The third kappa shape index (κ3) is 2.98. The molecule has 0 bridgehead atoms. The summed E-state index contributed by atoms with van der Waals surface area (Å²) in [5.74, 6) is -0.544. The number of hydrogen-bond acceptors (Lipinski definition) is 2. The molecule has 1 aromatic carbocycles. The van der Waals surface area contributed by atoms with Gasteiger partial charge >= 0.3 is 6.36 Å². The highest BCUT2D eigenvalue weighted by Gasteiger charge is 2.32. The van der Waals surface area contributed by atoms with Crippen LogP contribution in [-0.2, 0) is 0 Å². The molecule has 6 heteroatoms. The summed E-state index contributed by atoms with van der Waals surface area (Å²) < 4.78 is 40.2. The lowest BCUT2D eigenvalue weighted by atomic mass is 10.1. The van der Waals surface area contributed by atoms with Gasteiger partial charge in [-0.3, -0.25) is 4.79 Å². The Bertz CT molecular complexity index is 427. The van der Waals surface area contributed by atoms with Gasteiger partial charge in [0.2, 0.25) is 0 Å². The Morgan fingerprint density at radius 2 is 1.94 bits per heavy atom. The van der Waals surface area contributed by atoms with E-state index in [-0.39, 0.29) is 17.1 Å². The Balaban J connectivity index is 3.17. The second-order valence-corrected chi connectivity index (χ2v) is 3.95. The van der Waals surface area contributed by atoms with Crippen molar-refractivity contribution in [2.24, 2.45) is 0 Å². The summed E-state index contributed by atoms with van der Waals surface area (Å²) in [4.78, 5) is 11.1. The zero-order chi connectivity index (χ0) is 12.5. The molecule has 0 fully saturated rings. The summed E-state index contributed by atoms with van der Waals surface area (Å²) in [5, 5.41) is 0. The molecule has 0 amide bonds. The molecule has 0 heterocycles. The fraction of sp³-hybridized carbons (Fsp3) is 0.300. The van der Waals surface area contributed by atoms with E-state index in [1.54, 1.807) is 0 Å². The van der Waals surface area contributed by atoms with Gasteiger partial charge in [0.1, 0.15) is 5.75 Å². The number of benzene rings is 1. The van der Waals surface area contributed by atoms with E-state index in [9.17, 15) is 18.0 Å². The van der Waals surface area contributed by atoms with Gasteiger partial charge in [0.25, 0.3) is 0 Å². The minimum absolute atomic E-state index is 0.228. The molecule has 0 atom stereocenters. The van der Waals surface area contributed by atoms with E-state index in [4.69, 9.17) is 0 Å². The first-order valence-electron chi connectivity index (χ1n) is 4.28. The molecule has 0 saturated carbocycles. The largest absolute Gasteiger partial charge is 0.573 e. The summed E-state index contributed by atoms with van der Waals surface area (Å²) in [6, 6.07) is 2.42. The number of hydrogen-bond donors (Lipinski definition) is 0. The number of ketones is 1. The molecule has 0 unspecified atom stereocenters. The quantitative estimate of drug-likeness (QED) is 0.775. The van der Waals surface area contributed by atoms with Crippen LogP contribution < -0.4 is 4.74 Å². The highest BCUT2D eigenvalue weighted by molar-refractivity contribution is 9.10. The molecule has 0 aliphatic carbocycles. The van der Waals surface area contributed by atoms with Crippen LogP contribution in [0.15, 0.2) is 16.6 Å². The molecule has 88 valence electrons. The Labute approximate surface area is 98.5 Å². The average Bonchev–Trinajstić information content (AvgIpc) is 2.10. The van der Waals surface area contributed by atoms with Crippen molar-refractivity contribution in [2.45, 2.75) is 20.2 Å². The standard InChI is InChI=1S/C10H8BrF3O2/c1-5-8(16-10(12,13)14)4-3-7(6(2)15)9(5)11/h3-4H,1-2H3. The Morgan fingerprint density at radius 1 is 1.38 bits per heavy atom. The number of halogens is 4. The van der Waals surface area contributed by atoms with Crippen LogP contribution in [0, 0.1) is 6.92 Å². The lowest BCUT2D eigenvalue weighted by Gasteiger charge is -2.13. The monoisotopic (exact) mass is 296 g/mol. The van der Waals surface area contributed by atoms with Crippen molar-refractivity contribution in [3.63, 3.8) is 0 Å². The van der Waals surface area contributed by atoms with Crippen molar-refractivity contribution in [3.8, 4) is 5.75 Å². The number of rotatable bonds is 2. The van der Waals surface area contributed by atoms with Crippen LogP contribution in [0.1, 0.15) is 22.8 Å². The SMILES string of the molecule is CC(=O)c1ccc(OC(F)(F)F)c(C)c1Br. The second kappa shape index (κ2) is 4.45. The van der Waals surface area contributed by atoms with Gasteiger partial charge in [0, 0.05) is 15.6 Å². The maximum absolute atomic E-state index is 12.0. The van der Waals surface area contributed by atoms with Gasteiger partial charge in [0.05, 0.1) is 0 Å². The topological polar surface area (TPSA) is 26.3 Å².